The first-order valence-electron chi connectivity index (χ1n) is 3.00. The van der Waals surface area contributed by atoms with Crippen LogP contribution in [0.3, 0.4) is 0 Å². The third-order valence-electron chi connectivity index (χ3n) is 1.26. The Morgan fingerprint density at radius 1 is 1.36 bits per heavy atom. The maximum atomic E-state index is 9.32. The van der Waals surface area contributed by atoms with Gasteiger partial charge in [0.05, 0.1) is 0 Å². The van der Waals surface area contributed by atoms with Gasteiger partial charge in [0.2, 0.25) is 0 Å². The average molecular weight is 278 g/mol. The minimum absolute atomic E-state index is 0.273. The minimum atomic E-state index is 0.273. The molecule has 0 amide bonds. The predicted octanol–water partition coefficient (Wildman–Crippen LogP) is 3.48. The first-order chi connectivity index (χ1) is 5.25. The van der Waals surface area contributed by atoms with E-state index in [4.69, 9.17) is 0 Å². The topological polar surface area (TPSA) is 20.2 Å². The van der Waals surface area contributed by atoms with Crippen molar-refractivity contribution in [2.45, 2.75) is 0 Å². The standard InChI is InChI=1S/C8H6Br2O/c9-5-7(10)6-3-1-2-4-8(6)11/h1-5,11H. The Labute approximate surface area is 82.0 Å². The molecule has 0 saturated carbocycles. The van der Waals surface area contributed by atoms with Gasteiger partial charge in [0.25, 0.3) is 0 Å². The molecule has 0 atom stereocenters. The van der Waals surface area contributed by atoms with Crippen molar-refractivity contribution in [1.29, 1.82) is 0 Å². The largest absolute Gasteiger partial charge is 0.507 e. The molecule has 58 valence electrons. The quantitative estimate of drug-likeness (QED) is 0.833. The fourth-order valence-corrected chi connectivity index (χ4v) is 1.32. The van der Waals surface area contributed by atoms with Crippen molar-refractivity contribution in [3.8, 4) is 5.75 Å². The average Bonchev–Trinajstić information content (AvgIpc) is 2.04. The molecule has 0 heterocycles. The van der Waals surface area contributed by atoms with E-state index in [9.17, 15) is 5.11 Å². The van der Waals surface area contributed by atoms with Crippen LogP contribution in [0.15, 0.2) is 29.3 Å². The summed E-state index contributed by atoms with van der Waals surface area (Å²) < 4.78 is 0.829. The van der Waals surface area contributed by atoms with Gasteiger partial charge >= 0.3 is 0 Å². The zero-order chi connectivity index (χ0) is 8.27. The zero-order valence-electron chi connectivity index (χ0n) is 5.59. The number of para-hydroxylation sites is 1. The van der Waals surface area contributed by atoms with Crippen LogP contribution in [0.25, 0.3) is 4.48 Å². The summed E-state index contributed by atoms with van der Waals surface area (Å²) in [4.78, 5) is 1.71. The molecule has 0 aliphatic rings. The molecule has 3 heteroatoms. The van der Waals surface area contributed by atoms with Crippen LogP contribution >= 0.6 is 31.9 Å². The van der Waals surface area contributed by atoms with Crippen LogP contribution in [-0.2, 0) is 0 Å². The monoisotopic (exact) mass is 276 g/mol. The van der Waals surface area contributed by atoms with E-state index in [0.717, 1.165) is 10.0 Å². The van der Waals surface area contributed by atoms with E-state index in [2.05, 4.69) is 31.9 Å². The lowest BCUT2D eigenvalue weighted by Gasteiger charge is -2.00. The van der Waals surface area contributed by atoms with Gasteiger partial charge in [-0.15, -0.1) is 0 Å². The lowest BCUT2D eigenvalue weighted by atomic mass is 10.2. The maximum Gasteiger partial charge on any atom is 0.123 e. The number of benzene rings is 1. The maximum absolute atomic E-state index is 9.32. The Hall–Kier alpha value is -0.280. The fraction of sp³-hybridized carbons (Fsp3) is 0. The summed E-state index contributed by atoms with van der Waals surface area (Å²) in [7, 11) is 0. The van der Waals surface area contributed by atoms with E-state index in [1.54, 1.807) is 17.1 Å². The second-order valence-corrected chi connectivity index (χ2v) is 3.29. The van der Waals surface area contributed by atoms with Gasteiger partial charge in [-0.05, 0) is 27.0 Å². The van der Waals surface area contributed by atoms with E-state index in [0.29, 0.717) is 0 Å². The summed E-state index contributed by atoms with van der Waals surface area (Å²) in [6.45, 7) is 0. The lowest BCUT2D eigenvalue weighted by molar-refractivity contribution is 0.474. The highest BCUT2D eigenvalue weighted by Crippen LogP contribution is 2.29. The van der Waals surface area contributed by atoms with E-state index < -0.39 is 0 Å². The molecule has 0 aliphatic carbocycles. The van der Waals surface area contributed by atoms with Crippen LogP contribution in [-0.4, -0.2) is 5.11 Å². The predicted molar refractivity (Wildman–Crippen MR) is 53.9 cm³/mol. The van der Waals surface area contributed by atoms with Crippen LogP contribution < -0.4 is 0 Å². The molecule has 0 spiro atoms. The zero-order valence-corrected chi connectivity index (χ0v) is 8.76. The summed E-state index contributed by atoms with van der Waals surface area (Å²) >= 11 is 6.46. The van der Waals surface area contributed by atoms with Crippen molar-refractivity contribution in [2.75, 3.05) is 0 Å². The van der Waals surface area contributed by atoms with Gasteiger partial charge in [0.15, 0.2) is 0 Å². The highest BCUT2D eigenvalue weighted by molar-refractivity contribution is 9.16. The molecule has 0 bridgehead atoms. The summed E-state index contributed by atoms with van der Waals surface area (Å²) in [5.41, 5.74) is 0.782. The molecule has 0 aromatic heterocycles. The Morgan fingerprint density at radius 2 is 2.00 bits per heavy atom. The number of hydrogen-bond acceptors (Lipinski definition) is 1. The summed E-state index contributed by atoms with van der Waals surface area (Å²) in [6, 6.07) is 7.13. The molecule has 1 aromatic carbocycles. The van der Waals surface area contributed by atoms with Crippen molar-refractivity contribution in [3.63, 3.8) is 0 Å². The van der Waals surface area contributed by atoms with E-state index in [-0.39, 0.29) is 5.75 Å². The van der Waals surface area contributed by atoms with Gasteiger partial charge < -0.3 is 5.11 Å². The number of phenols is 1. The van der Waals surface area contributed by atoms with E-state index >= 15 is 0 Å². The lowest BCUT2D eigenvalue weighted by Crippen LogP contribution is -1.75. The van der Waals surface area contributed by atoms with Crippen molar-refractivity contribution in [3.05, 3.63) is 34.8 Å². The summed E-state index contributed by atoms with van der Waals surface area (Å²) in [5.74, 6) is 0.273. The van der Waals surface area contributed by atoms with E-state index in [1.807, 2.05) is 12.1 Å². The van der Waals surface area contributed by atoms with Crippen LogP contribution in [0, 0.1) is 0 Å². The molecule has 0 fully saturated rings. The van der Waals surface area contributed by atoms with Crippen molar-refractivity contribution >= 4 is 36.3 Å². The van der Waals surface area contributed by atoms with Crippen molar-refractivity contribution < 1.29 is 5.11 Å². The molecular weight excluding hydrogens is 272 g/mol. The molecule has 0 unspecified atom stereocenters. The molecule has 1 N–H and O–H groups in total. The second kappa shape index (κ2) is 3.93. The smallest absolute Gasteiger partial charge is 0.123 e. The molecule has 1 aromatic rings. The van der Waals surface area contributed by atoms with Gasteiger partial charge in [-0.25, -0.2) is 0 Å². The van der Waals surface area contributed by atoms with E-state index in [1.165, 1.54) is 0 Å². The Bertz CT molecular complexity index is 281. The Balaban J connectivity index is 3.14. The number of rotatable bonds is 1. The Morgan fingerprint density at radius 3 is 2.55 bits per heavy atom. The number of hydrogen-bond donors (Lipinski definition) is 1. The van der Waals surface area contributed by atoms with Gasteiger partial charge in [-0.2, -0.15) is 0 Å². The summed E-state index contributed by atoms with van der Waals surface area (Å²) in [6.07, 6.45) is 0. The molecule has 11 heavy (non-hydrogen) atoms. The number of aromatic hydroxyl groups is 1. The molecule has 1 nitrogen and oxygen atoms in total. The molecular formula is C8H6Br2O. The van der Waals surface area contributed by atoms with Gasteiger partial charge in [0.1, 0.15) is 5.75 Å². The van der Waals surface area contributed by atoms with Crippen molar-refractivity contribution in [1.82, 2.24) is 0 Å². The molecule has 0 aliphatic heterocycles. The first-order valence-corrected chi connectivity index (χ1v) is 4.71. The number of halogens is 2. The fourth-order valence-electron chi connectivity index (χ4n) is 0.734. The molecule has 0 radical (unpaired) electrons. The number of phenolic OH excluding ortho intramolecular Hbond substituents is 1. The van der Waals surface area contributed by atoms with Crippen LogP contribution in [0.2, 0.25) is 0 Å². The third kappa shape index (κ3) is 2.07. The van der Waals surface area contributed by atoms with Gasteiger partial charge in [-0.1, -0.05) is 34.1 Å². The third-order valence-corrected chi connectivity index (χ3v) is 2.99. The molecule has 0 saturated heterocycles. The van der Waals surface area contributed by atoms with Gasteiger partial charge in [-0.3, -0.25) is 0 Å². The highest BCUT2D eigenvalue weighted by Gasteiger charge is 2.00. The highest BCUT2D eigenvalue weighted by atomic mass is 79.9. The Kier molecular flexibility index (Phi) is 3.15. The summed E-state index contributed by atoms with van der Waals surface area (Å²) in [5, 5.41) is 9.32. The first kappa shape index (κ1) is 8.81. The van der Waals surface area contributed by atoms with Crippen molar-refractivity contribution in [2.24, 2.45) is 0 Å². The SMILES string of the molecule is Oc1ccccc1C(Br)=CBr. The minimum Gasteiger partial charge on any atom is -0.507 e. The van der Waals surface area contributed by atoms with Crippen LogP contribution in [0.4, 0.5) is 0 Å². The van der Waals surface area contributed by atoms with Crippen LogP contribution in [0.1, 0.15) is 5.56 Å². The normalized spacial score (nSPS) is 11.6. The molecule has 1 rings (SSSR count). The van der Waals surface area contributed by atoms with Gasteiger partial charge in [0, 0.05) is 10.0 Å². The second-order valence-electron chi connectivity index (χ2n) is 1.97. The van der Waals surface area contributed by atoms with Crippen LogP contribution in [0.5, 0.6) is 5.75 Å².